The lowest BCUT2D eigenvalue weighted by Gasteiger charge is -2.04. The zero-order valence-electron chi connectivity index (χ0n) is 7.89. The van der Waals surface area contributed by atoms with E-state index in [9.17, 15) is 19.6 Å². The summed E-state index contributed by atoms with van der Waals surface area (Å²) in [6.45, 7) is 0. The number of non-ortho nitro benzene ring substituents is 1. The fourth-order valence-corrected chi connectivity index (χ4v) is 1.78. The van der Waals surface area contributed by atoms with Gasteiger partial charge < -0.3 is 9.84 Å². The molecule has 0 aliphatic carbocycles. The summed E-state index contributed by atoms with van der Waals surface area (Å²) in [7, 11) is 0. The molecule has 2 unspecified atom stereocenters. The van der Waals surface area contributed by atoms with E-state index in [4.69, 9.17) is 16.3 Å². The van der Waals surface area contributed by atoms with Crippen molar-refractivity contribution in [2.45, 2.75) is 18.3 Å². The molecule has 0 radical (unpaired) electrons. The number of alkyl halides is 2. The summed E-state index contributed by atoms with van der Waals surface area (Å²) in [5.41, 5.74) is 0.119. The minimum absolute atomic E-state index is 0.0521. The first kappa shape index (κ1) is 11.1. The molecule has 0 amide bonds. The fraction of sp³-hybridized carbons (Fsp3) is 0.333. The standard InChI is InChI=1S/C9H7ClFNO4/c10-3-4-1-5(12(14)15)2-6-7(13)9(11)16-8(4)6/h1-2,7,9,13H,3H2. The molecule has 0 spiro atoms. The molecule has 1 N–H and O–H groups in total. The van der Waals surface area contributed by atoms with E-state index in [-0.39, 0.29) is 22.9 Å². The van der Waals surface area contributed by atoms with Crippen LogP contribution in [0.25, 0.3) is 0 Å². The van der Waals surface area contributed by atoms with Gasteiger partial charge in [0.05, 0.1) is 10.8 Å². The van der Waals surface area contributed by atoms with E-state index in [2.05, 4.69) is 0 Å². The second-order valence-corrected chi connectivity index (χ2v) is 3.60. The Labute approximate surface area is 94.5 Å². The molecule has 0 saturated carbocycles. The number of nitro benzene ring substituents is 1. The summed E-state index contributed by atoms with van der Waals surface area (Å²) in [5.74, 6) is 0.0456. The average Bonchev–Trinajstić information content (AvgIpc) is 2.54. The molecule has 1 aliphatic heterocycles. The first-order chi connectivity index (χ1) is 7.54. The van der Waals surface area contributed by atoms with Gasteiger partial charge in [-0.2, -0.15) is 4.39 Å². The Morgan fingerprint density at radius 3 is 2.88 bits per heavy atom. The quantitative estimate of drug-likeness (QED) is 0.493. The van der Waals surface area contributed by atoms with E-state index in [1.807, 2.05) is 0 Å². The summed E-state index contributed by atoms with van der Waals surface area (Å²) in [4.78, 5) is 9.97. The number of halogens is 2. The van der Waals surface area contributed by atoms with Crippen molar-refractivity contribution in [3.8, 4) is 5.75 Å². The molecule has 1 aromatic rings. The van der Waals surface area contributed by atoms with Gasteiger partial charge in [-0.1, -0.05) is 0 Å². The van der Waals surface area contributed by atoms with Gasteiger partial charge in [0.25, 0.3) is 12.0 Å². The highest BCUT2D eigenvalue weighted by Gasteiger charge is 2.36. The molecule has 16 heavy (non-hydrogen) atoms. The molecule has 1 heterocycles. The third-order valence-electron chi connectivity index (χ3n) is 2.33. The van der Waals surface area contributed by atoms with Gasteiger partial charge in [-0.15, -0.1) is 11.6 Å². The van der Waals surface area contributed by atoms with Crippen LogP contribution in [0.3, 0.4) is 0 Å². The smallest absolute Gasteiger partial charge is 0.270 e. The van der Waals surface area contributed by atoms with Gasteiger partial charge in [0.1, 0.15) is 11.9 Å². The van der Waals surface area contributed by atoms with E-state index < -0.39 is 17.4 Å². The first-order valence-corrected chi connectivity index (χ1v) is 4.94. The zero-order chi connectivity index (χ0) is 11.9. The van der Waals surface area contributed by atoms with Crippen molar-refractivity contribution < 1.29 is 19.2 Å². The van der Waals surface area contributed by atoms with Crippen LogP contribution in [-0.2, 0) is 5.88 Å². The lowest BCUT2D eigenvalue weighted by Crippen LogP contribution is -2.11. The highest BCUT2D eigenvalue weighted by Crippen LogP contribution is 2.42. The average molecular weight is 248 g/mol. The third kappa shape index (κ3) is 1.60. The molecule has 1 aliphatic rings. The second kappa shape index (κ2) is 3.88. The molecular weight excluding hydrogens is 241 g/mol. The molecular formula is C9H7ClFNO4. The Morgan fingerprint density at radius 2 is 2.31 bits per heavy atom. The number of aliphatic hydroxyl groups is 1. The number of rotatable bonds is 2. The van der Waals surface area contributed by atoms with Crippen LogP contribution < -0.4 is 4.74 Å². The molecule has 0 aromatic heterocycles. The Morgan fingerprint density at radius 1 is 1.62 bits per heavy atom. The Kier molecular flexibility index (Phi) is 2.69. The molecule has 2 rings (SSSR count). The van der Waals surface area contributed by atoms with Crippen molar-refractivity contribution in [3.63, 3.8) is 0 Å². The van der Waals surface area contributed by atoms with Gasteiger partial charge in [-0.25, -0.2) is 0 Å². The molecule has 7 heteroatoms. The maximum Gasteiger partial charge on any atom is 0.270 e. The lowest BCUT2D eigenvalue weighted by molar-refractivity contribution is -0.385. The SMILES string of the molecule is O=[N+]([O-])c1cc(CCl)c2c(c1)C(O)C(F)O2. The van der Waals surface area contributed by atoms with Crippen molar-refractivity contribution in [1.82, 2.24) is 0 Å². The van der Waals surface area contributed by atoms with E-state index in [0.29, 0.717) is 5.56 Å². The topological polar surface area (TPSA) is 72.6 Å². The molecule has 1 aromatic carbocycles. The maximum atomic E-state index is 13.1. The Hall–Kier alpha value is -1.40. The second-order valence-electron chi connectivity index (χ2n) is 3.33. The van der Waals surface area contributed by atoms with Crippen LogP contribution in [-0.4, -0.2) is 16.4 Å². The number of nitrogens with zero attached hydrogens (tertiary/aromatic N) is 1. The van der Waals surface area contributed by atoms with E-state index in [1.54, 1.807) is 0 Å². The number of benzene rings is 1. The largest absolute Gasteiger partial charge is 0.456 e. The summed E-state index contributed by atoms with van der Waals surface area (Å²) in [6, 6.07) is 2.30. The molecule has 5 nitrogen and oxygen atoms in total. The predicted molar refractivity (Wildman–Crippen MR) is 53.1 cm³/mol. The summed E-state index contributed by atoms with van der Waals surface area (Å²) in [6.07, 6.45) is -3.41. The molecule has 0 saturated heterocycles. The predicted octanol–water partition coefficient (Wildman–Crippen LogP) is 2.06. The first-order valence-electron chi connectivity index (χ1n) is 4.40. The molecule has 0 bridgehead atoms. The van der Waals surface area contributed by atoms with Crippen molar-refractivity contribution in [2.24, 2.45) is 0 Å². The third-order valence-corrected chi connectivity index (χ3v) is 2.62. The number of ether oxygens (including phenoxy) is 1. The van der Waals surface area contributed by atoms with Crippen LogP contribution in [0.15, 0.2) is 12.1 Å². The minimum atomic E-state index is -1.90. The molecule has 86 valence electrons. The monoisotopic (exact) mass is 247 g/mol. The van der Waals surface area contributed by atoms with Crippen molar-refractivity contribution in [3.05, 3.63) is 33.4 Å². The van der Waals surface area contributed by atoms with Crippen molar-refractivity contribution >= 4 is 17.3 Å². The van der Waals surface area contributed by atoms with Gasteiger partial charge in [0, 0.05) is 23.3 Å². The number of hydrogen-bond donors (Lipinski definition) is 1. The molecule has 2 atom stereocenters. The Balaban J connectivity index is 2.58. The summed E-state index contributed by atoms with van der Waals surface area (Å²) >= 11 is 5.58. The summed E-state index contributed by atoms with van der Waals surface area (Å²) in [5, 5.41) is 20.0. The van der Waals surface area contributed by atoms with Crippen molar-refractivity contribution in [2.75, 3.05) is 0 Å². The van der Waals surface area contributed by atoms with Crippen LogP contribution in [0.1, 0.15) is 17.2 Å². The highest BCUT2D eigenvalue weighted by atomic mass is 35.5. The van der Waals surface area contributed by atoms with Crippen LogP contribution >= 0.6 is 11.6 Å². The normalized spacial score (nSPS) is 22.7. The number of hydrogen-bond acceptors (Lipinski definition) is 4. The maximum absolute atomic E-state index is 13.1. The number of aliphatic hydroxyl groups excluding tert-OH is 1. The molecule has 0 fully saturated rings. The van der Waals surface area contributed by atoms with E-state index in [1.165, 1.54) is 6.07 Å². The summed E-state index contributed by atoms with van der Waals surface area (Å²) < 4.78 is 17.8. The van der Waals surface area contributed by atoms with E-state index >= 15 is 0 Å². The number of nitro groups is 1. The fourth-order valence-electron chi connectivity index (χ4n) is 1.58. The van der Waals surface area contributed by atoms with Gasteiger partial charge in [-0.3, -0.25) is 10.1 Å². The zero-order valence-corrected chi connectivity index (χ0v) is 8.65. The Bertz CT molecular complexity index is 453. The van der Waals surface area contributed by atoms with Gasteiger partial charge in [0.15, 0.2) is 0 Å². The minimum Gasteiger partial charge on any atom is -0.456 e. The van der Waals surface area contributed by atoms with Crippen molar-refractivity contribution in [1.29, 1.82) is 0 Å². The van der Waals surface area contributed by atoms with Gasteiger partial charge in [-0.05, 0) is 0 Å². The van der Waals surface area contributed by atoms with Crippen LogP contribution in [0.5, 0.6) is 5.75 Å². The lowest BCUT2D eigenvalue weighted by atomic mass is 10.1. The van der Waals surface area contributed by atoms with Crippen LogP contribution in [0.4, 0.5) is 10.1 Å². The van der Waals surface area contributed by atoms with E-state index in [0.717, 1.165) is 6.07 Å². The van der Waals surface area contributed by atoms with Gasteiger partial charge in [0.2, 0.25) is 0 Å². The van der Waals surface area contributed by atoms with Gasteiger partial charge >= 0.3 is 0 Å². The number of fused-ring (bicyclic) bond motifs is 1. The van der Waals surface area contributed by atoms with Crippen LogP contribution in [0.2, 0.25) is 0 Å². The highest BCUT2D eigenvalue weighted by molar-refractivity contribution is 6.17. The van der Waals surface area contributed by atoms with Crippen LogP contribution in [0, 0.1) is 10.1 Å².